The summed E-state index contributed by atoms with van der Waals surface area (Å²) in [7, 11) is 1.68. The molecule has 1 aliphatic heterocycles. The highest BCUT2D eigenvalue weighted by Gasteiger charge is 2.25. The number of rotatable bonds is 5. The Hall–Kier alpha value is -3.08. The summed E-state index contributed by atoms with van der Waals surface area (Å²) < 4.78 is 5.22. The average molecular weight is 375 g/mol. The molecule has 28 heavy (non-hydrogen) atoms. The lowest BCUT2D eigenvalue weighted by Crippen LogP contribution is -2.39. The molecule has 0 bridgehead atoms. The van der Waals surface area contributed by atoms with Crippen LogP contribution in [-0.4, -0.2) is 41.2 Å². The number of methoxy groups -OCH3 is 1. The quantitative estimate of drug-likeness (QED) is 0.728. The zero-order valence-electron chi connectivity index (χ0n) is 16.1. The first-order valence-corrected chi connectivity index (χ1v) is 9.76. The number of nitrogens with zero attached hydrogens (tertiary/aromatic N) is 2. The smallest absolute Gasteiger partial charge is 0.271 e. The predicted octanol–water partition coefficient (Wildman–Crippen LogP) is 4.18. The second kappa shape index (κ2) is 8.30. The molecule has 1 saturated heterocycles. The number of hydrogen-bond acceptors (Lipinski definition) is 3. The summed E-state index contributed by atoms with van der Waals surface area (Å²) in [5.41, 5.74) is 3.70. The first kappa shape index (κ1) is 18.3. The molecule has 3 aromatic rings. The fraction of sp³-hybridized carbons (Fsp3) is 0.304. The van der Waals surface area contributed by atoms with E-state index in [1.54, 1.807) is 7.11 Å². The Labute approximate surface area is 165 Å². The topological polar surface area (TPSA) is 58.2 Å². The Balaban J connectivity index is 1.33. The number of carbonyl (C=O) groups is 1. The number of aromatic nitrogens is 2. The Morgan fingerprint density at radius 2 is 1.82 bits per heavy atom. The molecule has 1 aliphatic rings. The summed E-state index contributed by atoms with van der Waals surface area (Å²) in [5, 5.41) is 7.21. The van der Waals surface area contributed by atoms with Gasteiger partial charge in [-0.05, 0) is 48.9 Å². The standard InChI is InChI=1S/C23H25N3O2/c1-28-20-9-7-17(8-10-20)15-18-11-13-26(14-12-18)23(27)22-16-21(24-25-22)19-5-3-2-4-6-19/h2-10,16,18H,11-15H2,1H3,(H,24,25). The highest BCUT2D eigenvalue weighted by Crippen LogP contribution is 2.24. The molecule has 1 N–H and O–H groups in total. The molecule has 0 saturated carbocycles. The van der Waals surface area contributed by atoms with Gasteiger partial charge in [0.1, 0.15) is 11.4 Å². The zero-order valence-corrected chi connectivity index (χ0v) is 16.1. The molecule has 5 nitrogen and oxygen atoms in total. The van der Waals surface area contributed by atoms with Gasteiger partial charge in [-0.15, -0.1) is 0 Å². The van der Waals surface area contributed by atoms with E-state index in [0.29, 0.717) is 11.6 Å². The van der Waals surface area contributed by atoms with Crippen LogP contribution in [0.2, 0.25) is 0 Å². The third kappa shape index (κ3) is 4.09. The fourth-order valence-electron chi connectivity index (χ4n) is 3.79. The number of nitrogens with one attached hydrogen (secondary N) is 1. The maximum absolute atomic E-state index is 12.8. The molecule has 0 unspecified atom stereocenters. The number of likely N-dealkylation sites (tertiary alicyclic amines) is 1. The van der Waals surface area contributed by atoms with E-state index in [-0.39, 0.29) is 5.91 Å². The highest BCUT2D eigenvalue weighted by molar-refractivity contribution is 5.93. The SMILES string of the molecule is COc1ccc(CC2CCN(C(=O)c3cc(-c4ccccc4)n[nH]3)CC2)cc1. The second-order valence-corrected chi connectivity index (χ2v) is 7.32. The van der Waals surface area contributed by atoms with Crippen molar-refractivity contribution >= 4 is 5.91 Å². The summed E-state index contributed by atoms with van der Waals surface area (Å²) in [6, 6.07) is 20.0. The van der Waals surface area contributed by atoms with E-state index in [0.717, 1.165) is 49.4 Å². The second-order valence-electron chi connectivity index (χ2n) is 7.32. The van der Waals surface area contributed by atoms with Crippen molar-refractivity contribution < 1.29 is 9.53 Å². The van der Waals surface area contributed by atoms with Crippen molar-refractivity contribution in [3.63, 3.8) is 0 Å². The largest absolute Gasteiger partial charge is 0.497 e. The van der Waals surface area contributed by atoms with Crippen LogP contribution in [0, 0.1) is 5.92 Å². The van der Waals surface area contributed by atoms with Crippen LogP contribution in [0.3, 0.4) is 0 Å². The first-order chi connectivity index (χ1) is 13.7. The van der Waals surface area contributed by atoms with Gasteiger partial charge in [-0.2, -0.15) is 5.10 Å². The molecule has 144 valence electrons. The van der Waals surface area contributed by atoms with Crippen LogP contribution < -0.4 is 4.74 Å². The van der Waals surface area contributed by atoms with Gasteiger partial charge in [0.05, 0.1) is 12.8 Å². The lowest BCUT2D eigenvalue weighted by atomic mass is 9.90. The molecule has 0 radical (unpaired) electrons. The van der Waals surface area contributed by atoms with Gasteiger partial charge >= 0.3 is 0 Å². The molecule has 4 rings (SSSR count). The third-order valence-corrected chi connectivity index (χ3v) is 5.46. The number of amides is 1. The Bertz CT molecular complexity index is 911. The van der Waals surface area contributed by atoms with E-state index in [1.807, 2.05) is 53.4 Å². The predicted molar refractivity (Wildman–Crippen MR) is 109 cm³/mol. The van der Waals surface area contributed by atoms with Crippen molar-refractivity contribution in [1.29, 1.82) is 0 Å². The van der Waals surface area contributed by atoms with Crippen LogP contribution in [0.5, 0.6) is 5.75 Å². The normalized spacial score (nSPS) is 14.8. The minimum Gasteiger partial charge on any atom is -0.497 e. The van der Waals surface area contributed by atoms with Crippen LogP contribution in [0.1, 0.15) is 28.9 Å². The van der Waals surface area contributed by atoms with Crippen molar-refractivity contribution in [3.8, 4) is 17.0 Å². The van der Waals surface area contributed by atoms with Crippen LogP contribution in [0.4, 0.5) is 0 Å². The average Bonchev–Trinajstić information content (AvgIpc) is 3.25. The zero-order chi connectivity index (χ0) is 19.3. The molecular weight excluding hydrogens is 350 g/mol. The van der Waals surface area contributed by atoms with Crippen molar-refractivity contribution in [1.82, 2.24) is 15.1 Å². The van der Waals surface area contributed by atoms with E-state index < -0.39 is 0 Å². The first-order valence-electron chi connectivity index (χ1n) is 9.76. The van der Waals surface area contributed by atoms with Gasteiger partial charge in [-0.25, -0.2) is 0 Å². The van der Waals surface area contributed by atoms with E-state index in [9.17, 15) is 4.79 Å². The van der Waals surface area contributed by atoms with Crippen LogP contribution >= 0.6 is 0 Å². The number of ether oxygens (including phenoxy) is 1. The number of H-pyrrole nitrogens is 1. The number of piperidine rings is 1. The molecule has 0 atom stereocenters. The lowest BCUT2D eigenvalue weighted by Gasteiger charge is -2.31. The van der Waals surface area contributed by atoms with Gasteiger partial charge in [0, 0.05) is 18.7 Å². The molecule has 1 fully saturated rings. The van der Waals surface area contributed by atoms with Gasteiger partial charge < -0.3 is 9.64 Å². The van der Waals surface area contributed by atoms with Crippen molar-refractivity contribution in [2.75, 3.05) is 20.2 Å². The summed E-state index contributed by atoms with van der Waals surface area (Å²) in [6.45, 7) is 1.58. The van der Waals surface area contributed by atoms with Crippen molar-refractivity contribution in [3.05, 3.63) is 71.9 Å². The van der Waals surface area contributed by atoms with E-state index in [1.165, 1.54) is 5.56 Å². The maximum atomic E-state index is 12.8. The summed E-state index contributed by atoms with van der Waals surface area (Å²) >= 11 is 0. The monoisotopic (exact) mass is 375 g/mol. The van der Waals surface area contributed by atoms with Gasteiger partial charge in [0.25, 0.3) is 5.91 Å². The van der Waals surface area contributed by atoms with E-state index >= 15 is 0 Å². The molecule has 0 spiro atoms. The van der Waals surface area contributed by atoms with Gasteiger partial charge in [0.15, 0.2) is 0 Å². The summed E-state index contributed by atoms with van der Waals surface area (Å²) in [6.07, 6.45) is 3.10. The fourth-order valence-corrected chi connectivity index (χ4v) is 3.79. The van der Waals surface area contributed by atoms with Gasteiger partial charge in [-0.1, -0.05) is 42.5 Å². The Kier molecular flexibility index (Phi) is 5.42. The van der Waals surface area contributed by atoms with Crippen molar-refractivity contribution in [2.24, 2.45) is 5.92 Å². The summed E-state index contributed by atoms with van der Waals surface area (Å²) in [4.78, 5) is 14.8. The number of aromatic amines is 1. The van der Waals surface area contributed by atoms with Gasteiger partial charge in [0.2, 0.25) is 0 Å². The molecule has 5 heteroatoms. The molecule has 2 aromatic carbocycles. The van der Waals surface area contributed by atoms with Crippen molar-refractivity contribution in [2.45, 2.75) is 19.3 Å². The minimum absolute atomic E-state index is 0.0394. The molecule has 1 aromatic heterocycles. The molecular formula is C23H25N3O2. The highest BCUT2D eigenvalue weighted by atomic mass is 16.5. The van der Waals surface area contributed by atoms with Gasteiger partial charge in [-0.3, -0.25) is 9.89 Å². The van der Waals surface area contributed by atoms with E-state index in [2.05, 4.69) is 22.3 Å². The summed E-state index contributed by atoms with van der Waals surface area (Å²) in [5.74, 6) is 1.54. The molecule has 0 aliphatic carbocycles. The van der Waals surface area contributed by atoms with Crippen LogP contribution in [-0.2, 0) is 6.42 Å². The number of benzene rings is 2. The van der Waals surface area contributed by atoms with Crippen LogP contribution in [0.25, 0.3) is 11.3 Å². The van der Waals surface area contributed by atoms with E-state index in [4.69, 9.17) is 4.74 Å². The lowest BCUT2D eigenvalue weighted by molar-refractivity contribution is 0.0684. The Morgan fingerprint density at radius 1 is 1.11 bits per heavy atom. The minimum atomic E-state index is 0.0394. The number of carbonyl (C=O) groups excluding carboxylic acids is 1. The molecule has 1 amide bonds. The Morgan fingerprint density at radius 3 is 2.50 bits per heavy atom. The van der Waals surface area contributed by atoms with Crippen LogP contribution in [0.15, 0.2) is 60.7 Å². The molecule has 2 heterocycles. The number of hydrogen-bond donors (Lipinski definition) is 1. The third-order valence-electron chi connectivity index (χ3n) is 5.46. The maximum Gasteiger partial charge on any atom is 0.271 e.